The Morgan fingerprint density at radius 2 is 1.70 bits per heavy atom. The molecule has 0 aliphatic rings. The van der Waals surface area contributed by atoms with Gasteiger partial charge in [-0.1, -0.05) is 17.8 Å². The molecule has 0 bridgehead atoms. The third kappa shape index (κ3) is 7.97. The normalized spacial score (nSPS) is 11.1. The van der Waals surface area contributed by atoms with Crippen molar-refractivity contribution in [1.29, 1.82) is 0 Å². The number of rotatable bonds is 12. The summed E-state index contributed by atoms with van der Waals surface area (Å²) in [6.45, 7) is 2.20. The number of thioether (sulfide) groups is 1. The minimum atomic E-state index is -4.59. The van der Waals surface area contributed by atoms with Gasteiger partial charge >= 0.3 is 6.18 Å². The standard InChI is InChI=1S/C29H28F3N5O5S/c1-4-42-22-11-9-20(10-12-22)34-26(38)17-43-28-36-35-25(37(28)21-7-5-6-19(15-21)29(30,31)32)16-33-27(39)18-8-13-23(40-2)24(14-18)41-3/h5-15H,4,16-17H2,1-3H3,(H,33,39)(H,34,38). The summed E-state index contributed by atoms with van der Waals surface area (Å²) in [5, 5.41) is 13.8. The highest BCUT2D eigenvalue weighted by Gasteiger charge is 2.31. The summed E-state index contributed by atoms with van der Waals surface area (Å²) in [5.41, 5.74) is 0.0584. The maximum Gasteiger partial charge on any atom is 0.416 e. The number of aromatic nitrogens is 3. The smallest absolute Gasteiger partial charge is 0.416 e. The number of methoxy groups -OCH3 is 2. The van der Waals surface area contributed by atoms with E-state index in [-0.39, 0.29) is 40.4 Å². The van der Waals surface area contributed by atoms with Crippen LogP contribution in [0.25, 0.3) is 5.69 Å². The van der Waals surface area contributed by atoms with Gasteiger partial charge in [-0.2, -0.15) is 13.2 Å². The van der Waals surface area contributed by atoms with Gasteiger partial charge in [0.05, 0.1) is 44.4 Å². The molecule has 0 radical (unpaired) electrons. The van der Waals surface area contributed by atoms with Crippen molar-refractivity contribution in [2.24, 2.45) is 0 Å². The monoisotopic (exact) mass is 615 g/mol. The average molecular weight is 616 g/mol. The molecule has 1 aromatic heterocycles. The van der Waals surface area contributed by atoms with E-state index in [2.05, 4.69) is 20.8 Å². The molecule has 2 amide bonds. The second kappa shape index (κ2) is 14.0. The van der Waals surface area contributed by atoms with Crippen molar-refractivity contribution >= 4 is 29.3 Å². The van der Waals surface area contributed by atoms with Gasteiger partial charge < -0.3 is 24.8 Å². The molecule has 0 unspecified atom stereocenters. The van der Waals surface area contributed by atoms with Crippen molar-refractivity contribution in [1.82, 2.24) is 20.1 Å². The van der Waals surface area contributed by atoms with Gasteiger partial charge in [-0.3, -0.25) is 14.2 Å². The van der Waals surface area contributed by atoms with E-state index in [9.17, 15) is 22.8 Å². The lowest BCUT2D eigenvalue weighted by Crippen LogP contribution is -2.25. The molecular weight excluding hydrogens is 587 g/mol. The van der Waals surface area contributed by atoms with Crippen molar-refractivity contribution in [2.75, 3.05) is 31.9 Å². The fraction of sp³-hybridized carbons (Fsp3) is 0.241. The van der Waals surface area contributed by atoms with E-state index >= 15 is 0 Å². The van der Waals surface area contributed by atoms with E-state index in [4.69, 9.17) is 14.2 Å². The fourth-order valence-corrected chi connectivity index (χ4v) is 4.73. The number of carbonyl (C=O) groups excluding carboxylic acids is 2. The molecule has 3 aromatic carbocycles. The highest BCUT2D eigenvalue weighted by Crippen LogP contribution is 2.32. The Morgan fingerprint density at radius 3 is 2.37 bits per heavy atom. The maximum atomic E-state index is 13.5. The molecule has 0 saturated heterocycles. The Morgan fingerprint density at radius 1 is 0.953 bits per heavy atom. The molecule has 14 heteroatoms. The van der Waals surface area contributed by atoms with Gasteiger partial charge in [0, 0.05) is 11.3 Å². The Labute approximate surface area is 249 Å². The van der Waals surface area contributed by atoms with Crippen LogP contribution in [0.2, 0.25) is 0 Å². The zero-order valence-electron chi connectivity index (χ0n) is 23.4. The van der Waals surface area contributed by atoms with E-state index in [0.717, 1.165) is 23.9 Å². The lowest BCUT2D eigenvalue weighted by Gasteiger charge is -2.14. The number of ether oxygens (including phenoxy) is 3. The Bertz CT molecular complexity index is 1580. The summed E-state index contributed by atoms with van der Waals surface area (Å²) in [5.74, 6) is 0.653. The van der Waals surface area contributed by atoms with Crippen LogP contribution in [0.4, 0.5) is 18.9 Å². The Balaban J connectivity index is 1.54. The number of halogens is 3. The molecular formula is C29H28F3N5O5S. The number of nitrogens with one attached hydrogen (secondary N) is 2. The number of hydrogen-bond donors (Lipinski definition) is 2. The first-order valence-corrected chi connectivity index (χ1v) is 13.9. The quantitative estimate of drug-likeness (QED) is 0.205. The molecule has 1 heterocycles. The molecule has 10 nitrogen and oxygen atoms in total. The van der Waals surface area contributed by atoms with Crippen LogP contribution < -0.4 is 24.8 Å². The fourth-order valence-electron chi connectivity index (χ4n) is 3.96. The number of carbonyl (C=O) groups is 2. The molecule has 0 fully saturated rings. The summed E-state index contributed by atoms with van der Waals surface area (Å²) in [7, 11) is 2.91. The van der Waals surface area contributed by atoms with Crippen molar-refractivity contribution in [3.05, 3.63) is 83.7 Å². The van der Waals surface area contributed by atoms with E-state index in [1.54, 1.807) is 36.4 Å². The van der Waals surface area contributed by atoms with Crippen molar-refractivity contribution < 1.29 is 37.0 Å². The number of anilines is 1. The van der Waals surface area contributed by atoms with Gasteiger partial charge in [-0.15, -0.1) is 10.2 Å². The second-order valence-electron chi connectivity index (χ2n) is 8.83. The van der Waals surface area contributed by atoms with E-state index in [1.165, 1.54) is 37.0 Å². The molecule has 4 aromatic rings. The molecule has 0 spiro atoms. The van der Waals surface area contributed by atoms with Crippen LogP contribution >= 0.6 is 11.8 Å². The lowest BCUT2D eigenvalue weighted by molar-refractivity contribution is -0.137. The highest BCUT2D eigenvalue weighted by atomic mass is 32.2. The molecule has 226 valence electrons. The largest absolute Gasteiger partial charge is 0.494 e. The predicted molar refractivity (Wildman–Crippen MR) is 154 cm³/mol. The van der Waals surface area contributed by atoms with Gasteiger partial charge in [0.2, 0.25) is 5.91 Å². The molecule has 0 atom stereocenters. The number of alkyl halides is 3. The van der Waals surface area contributed by atoms with Gasteiger partial charge in [0.1, 0.15) is 5.75 Å². The predicted octanol–water partition coefficient (Wildman–Crippen LogP) is 5.36. The summed E-state index contributed by atoms with van der Waals surface area (Å²) >= 11 is 0.983. The van der Waals surface area contributed by atoms with Crippen LogP contribution in [-0.4, -0.2) is 53.2 Å². The zero-order chi connectivity index (χ0) is 31.0. The topological polar surface area (TPSA) is 117 Å². The molecule has 0 aliphatic carbocycles. The Kier molecular flexibility index (Phi) is 10.1. The molecule has 43 heavy (non-hydrogen) atoms. The van der Waals surface area contributed by atoms with Crippen molar-refractivity contribution in [2.45, 2.75) is 24.8 Å². The highest BCUT2D eigenvalue weighted by molar-refractivity contribution is 7.99. The average Bonchev–Trinajstić information content (AvgIpc) is 3.42. The van der Waals surface area contributed by atoms with E-state index in [1.807, 2.05) is 6.92 Å². The van der Waals surface area contributed by atoms with Crippen molar-refractivity contribution in [3.8, 4) is 22.9 Å². The van der Waals surface area contributed by atoms with Gasteiger partial charge in [-0.25, -0.2) is 0 Å². The third-order valence-corrected chi connectivity index (χ3v) is 6.90. The van der Waals surface area contributed by atoms with Crippen molar-refractivity contribution in [3.63, 3.8) is 0 Å². The van der Waals surface area contributed by atoms with Crippen LogP contribution in [0, 0.1) is 0 Å². The minimum Gasteiger partial charge on any atom is -0.494 e. The minimum absolute atomic E-state index is 0.109. The van der Waals surface area contributed by atoms with Crippen LogP contribution in [-0.2, 0) is 17.5 Å². The molecule has 4 rings (SSSR count). The van der Waals surface area contributed by atoms with Crippen LogP contribution in [0.5, 0.6) is 17.2 Å². The van der Waals surface area contributed by atoms with Crippen LogP contribution in [0.15, 0.2) is 71.9 Å². The van der Waals surface area contributed by atoms with E-state index in [0.29, 0.717) is 29.5 Å². The molecule has 0 saturated carbocycles. The molecule has 2 N–H and O–H groups in total. The van der Waals surface area contributed by atoms with E-state index < -0.39 is 17.6 Å². The first-order valence-electron chi connectivity index (χ1n) is 12.9. The summed E-state index contributed by atoms with van der Waals surface area (Å²) in [6.07, 6.45) is -4.59. The van der Waals surface area contributed by atoms with Gasteiger partial charge in [-0.05, 0) is 67.6 Å². The first-order chi connectivity index (χ1) is 20.6. The second-order valence-corrected chi connectivity index (χ2v) is 9.77. The maximum absolute atomic E-state index is 13.5. The number of benzene rings is 3. The van der Waals surface area contributed by atoms with Crippen LogP contribution in [0.3, 0.4) is 0 Å². The zero-order valence-corrected chi connectivity index (χ0v) is 24.2. The first kappa shape index (κ1) is 31.2. The number of hydrogen-bond acceptors (Lipinski definition) is 8. The summed E-state index contributed by atoms with van der Waals surface area (Å²) < 4.78 is 57.7. The third-order valence-electron chi connectivity index (χ3n) is 5.97. The number of amides is 2. The van der Waals surface area contributed by atoms with Gasteiger partial charge in [0.25, 0.3) is 5.91 Å². The SMILES string of the molecule is CCOc1ccc(NC(=O)CSc2nnc(CNC(=O)c3ccc(OC)c(OC)c3)n2-c2cccc(C(F)(F)F)c2)cc1. The Hall–Kier alpha value is -4.72. The van der Waals surface area contributed by atoms with Crippen LogP contribution in [0.1, 0.15) is 28.7 Å². The van der Waals surface area contributed by atoms with Gasteiger partial charge in [0.15, 0.2) is 22.5 Å². The number of nitrogens with zero attached hydrogens (tertiary/aromatic N) is 3. The summed E-state index contributed by atoms with van der Waals surface area (Å²) in [4.78, 5) is 25.6. The summed E-state index contributed by atoms with van der Waals surface area (Å²) in [6, 6.07) is 16.1. The lowest BCUT2D eigenvalue weighted by atomic mass is 10.2. The molecule has 0 aliphatic heterocycles.